The van der Waals surface area contributed by atoms with Crippen LogP contribution in [0.4, 0.5) is 5.69 Å². The van der Waals surface area contributed by atoms with Gasteiger partial charge in [0.1, 0.15) is 19.0 Å². The normalized spacial score (nSPS) is 12.3. The number of anilines is 1. The molecule has 0 aliphatic carbocycles. The Bertz CT molecular complexity index is 1030. The molecule has 1 aromatic heterocycles. The Morgan fingerprint density at radius 1 is 0.964 bits per heavy atom. The molecule has 2 N–H and O–H groups in total. The predicted octanol–water partition coefficient (Wildman–Crippen LogP) is 4.50. The molecule has 142 valence electrons. The van der Waals surface area contributed by atoms with Crippen molar-refractivity contribution in [2.75, 3.05) is 18.5 Å². The Morgan fingerprint density at radius 2 is 1.71 bits per heavy atom. The second-order valence-electron chi connectivity index (χ2n) is 5.94. The number of hydrogen-bond acceptors (Lipinski definition) is 5. The number of fused-ring (bicyclic) bond motifs is 1. The fourth-order valence-corrected chi connectivity index (χ4v) is 3.01. The molecule has 28 heavy (non-hydrogen) atoms. The molecule has 8 heteroatoms. The number of hydrogen-bond donors (Lipinski definition) is 2. The SMILES string of the molecule is O=C(NC(=S)Nc1ccc2c(c1)OCCO2)c1ccc(-c2ccc(Cl)cc2)o1. The van der Waals surface area contributed by atoms with E-state index < -0.39 is 5.91 Å². The van der Waals surface area contributed by atoms with Crippen LogP contribution in [0.5, 0.6) is 11.5 Å². The average molecular weight is 415 g/mol. The number of carbonyl (C=O) groups is 1. The maximum atomic E-state index is 12.4. The van der Waals surface area contributed by atoms with Gasteiger partial charge in [0.15, 0.2) is 22.4 Å². The van der Waals surface area contributed by atoms with Gasteiger partial charge in [-0.05, 0) is 60.7 Å². The van der Waals surface area contributed by atoms with Gasteiger partial charge in [0.25, 0.3) is 5.91 Å². The third kappa shape index (κ3) is 4.11. The van der Waals surface area contributed by atoms with Gasteiger partial charge in [-0.2, -0.15) is 0 Å². The van der Waals surface area contributed by atoms with Crippen LogP contribution >= 0.6 is 23.8 Å². The summed E-state index contributed by atoms with van der Waals surface area (Å²) >= 11 is 11.1. The molecular weight excluding hydrogens is 400 g/mol. The lowest BCUT2D eigenvalue weighted by atomic mass is 10.2. The molecular formula is C20H15ClN2O4S. The first-order valence-electron chi connectivity index (χ1n) is 8.46. The first-order chi connectivity index (χ1) is 13.6. The van der Waals surface area contributed by atoms with Crippen molar-refractivity contribution in [3.05, 3.63) is 65.4 Å². The first-order valence-corrected chi connectivity index (χ1v) is 9.25. The maximum absolute atomic E-state index is 12.4. The maximum Gasteiger partial charge on any atom is 0.293 e. The van der Waals surface area contributed by atoms with Crippen LogP contribution in [0, 0.1) is 0 Å². The van der Waals surface area contributed by atoms with Crippen molar-refractivity contribution in [3.63, 3.8) is 0 Å². The fraction of sp³-hybridized carbons (Fsp3) is 0.100. The molecule has 0 spiro atoms. The smallest absolute Gasteiger partial charge is 0.293 e. The zero-order valence-electron chi connectivity index (χ0n) is 14.5. The Morgan fingerprint density at radius 3 is 2.50 bits per heavy atom. The van der Waals surface area contributed by atoms with Crippen LogP contribution in [0.15, 0.2) is 59.0 Å². The van der Waals surface area contributed by atoms with E-state index >= 15 is 0 Å². The largest absolute Gasteiger partial charge is 0.486 e. The molecule has 1 aliphatic heterocycles. The van der Waals surface area contributed by atoms with Gasteiger partial charge in [0, 0.05) is 22.3 Å². The first kappa shape index (κ1) is 18.3. The van der Waals surface area contributed by atoms with E-state index in [9.17, 15) is 4.79 Å². The molecule has 0 radical (unpaired) electrons. The summed E-state index contributed by atoms with van der Waals surface area (Å²) in [6.07, 6.45) is 0. The van der Waals surface area contributed by atoms with Crippen LogP contribution in [-0.2, 0) is 0 Å². The molecule has 2 heterocycles. The van der Waals surface area contributed by atoms with E-state index in [1.165, 1.54) is 0 Å². The van der Waals surface area contributed by atoms with Gasteiger partial charge in [0.05, 0.1) is 0 Å². The van der Waals surface area contributed by atoms with Gasteiger partial charge in [-0.15, -0.1) is 0 Å². The molecule has 0 unspecified atom stereocenters. The Balaban J connectivity index is 1.39. The topological polar surface area (TPSA) is 72.7 Å². The average Bonchev–Trinajstić information content (AvgIpc) is 3.19. The third-order valence-electron chi connectivity index (χ3n) is 3.99. The van der Waals surface area contributed by atoms with Gasteiger partial charge in [-0.3, -0.25) is 10.1 Å². The van der Waals surface area contributed by atoms with Crippen LogP contribution in [0.1, 0.15) is 10.6 Å². The lowest BCUT2D eigenvalue weighted by Gasteiger charge is -2.19. The predicted molar refractivity (Wildman–Crippen MR) is 110 cm³/mol. The Hall–Kier alpha value is -3.03. The molecule has 3 aromatic rings. The van der Waals surface area contributed by atoms with Gasteiger partial charge >= 0.3 is 0 Å². The fourth-order valence-electron chi connectivity index (χ4n) is 2.68. The minimum absolute atomic E-state index is 0.145. The molecule has 0 saturated heterocycles. The Labute approximate surface area is 171 Å². The summed E-state index contributed by atoms with van der Waals surface area (Å²) in [7, 11) is 0. The number of thiocarbonyl (C=S) groups is 1. The van der Waals surface area contributed by atoms with Crippen molar-refractivity contribution in [3.8, 4) is 22.8 Å². The third-order valence-corrected chi connectivity index (χ3v) is 4.44. The van der Waals surface area contributed by atoms with Gasteiger partial charge in [0.2, 0.25) is 0 Å². The zero-order chi connectivity index (χ0) is 19.5. The quantitative estimate of drug-likeness (QED) is 0.615. The molecule has 0 saturated carbocycles. The van der Waals surface area contributed by atoms with Crippen molar-refractivity contribution < 1.29 is 18.7 Å². The number of carbonyl (C=O) groups excluding carboxylic acids is 1. The molecule has 2 aromatic carbocycles. The van der Waals surface area contributed by atoms with Crippen molar-refractivity contribution in [2.45, 2.75) is 0 Å². The number of furan rings is 1. The number of halogens is 1. The second-order valence-corrected chi connectivity index (χ2v) is 6.78. The van der Waals surface area contributed by atoms with Crippen molar-refractivity contribution in [1.29, 1.82) is 0 Å². The molecule has 0 bridgehead atoms. The van der Waals surface area contributed by atoms with Crippen molar-refractivity contribution in [1.82, 2.24) is 5.32 Å². The summed E-state index contributed by atoms with van der Waals surface area (Å²) in [5, 5.41) is 6.31. The molecule has 6 nitrogen and oxygen atoms in total. The van der Waals surface area contributed by atoms with Crippen molar-refractivity contribution >= 4 is 40.5 Å². The highest BCUT2D eigenvalue weighted by molar-refractivity contribution is 7.80. The molecule has 0 fully saturated rings. The summed E-state index contributed by atoms with van der Waals surface area (Å²) in [5.74, 6) is 1.57. The molecule has 1 aliphatic rings. The Kier molecular flexibility index (Phi) is 5.18. The number of benzene rings is 2. The van der Waals surface area contributed by atoms with Gasteiger partial charge in [-0.25, -0.2) is 0 Å². The van der Waals surface area contributed by atoms with Crippen LogP contribution < -0.4 is 20.1 Å². The number of rotatable bonds is 3. The van der Waals surface area contributed by atoms with E-state index in [-0.39, 0.29) is 10.9 Å². The number of ether oxygens (including phenoxy) is 2. The van der Waals surface area contributed by atoms with Crippen LogP contribution in [0.2, 0.25) is 5.02 Å². The van der Waals surface area contributed by atoms with Crippen LogP contribution in [0.25, 0.3) is 11.3 Å². The summed E-state index contributed by atoms with van der Waals surface area (Å²) < 4.78 is 16.6. The number of nitrogens with one attached hydrogen (secondary N) is 2. The van der Waals surface area contributed by atoms with Crippen LogP contribution in [0.3, 0.4) is 0 Å². The van der Waals surface area contributed by atoms with Gasteiger partial charge < -0.3 is 19.2 Å². The second kappa shape index (κ2) is 7.92. The highest BCUT2D eigenvalue weighted by Crippen LogP contribution is 2.32. The van der Waals surface area contributed by atoms with E-state index in [4.69, 9.17) is 37.7 Å². The standard InChI is InChI=1S/C20H15ClN2O4S/c21-13-3-1-12(2-4-13)15-7-8-17(27-15)19(24)23-20(28)22-14-5-6-16-18(11-14)26-10-9-25-16/h1-8,11H,9-10H2,(H2,22,23,24,28). The van der Waals surface area contributed by atoms with E-state index in [1.54, 1.807) is 42.5 Å². The van der Waals surface area contributed by atoms with Crippen LogP contribution in [-0.4, -0.2) is 24.2 Å². The molecule has 4 rings (SSSR count). The highest BCUT2D eigenvalue weighted by atomic mass is 35.5. The zero-order valence-corrected chi connectivity index (χ0v) is 16.1. The van der Waals surface area contributed by atoms with Gasteiger partial charge in [-0.1, -0.05) is 11.6 Å². The molecule has 1 amide bonds. The van der Waals surface area contributed by atoms with E-state index in [2.05, 4.69) is 10.6 Å². The van der Waals surface area contributed by atoms with E-state index in [1.807, 2.05) is 12.1 Å². The lowest BCUT2D eigenvalue weighted by molar-refractivity contribution is 0.0951. The summed E-state index contributed by atoms with van der Waals surface area (Å²) in [6, 6.07) is 15.8. The number of amides is 1. The van der Waals surface area contributed by atoms with E-state index in [0.29, 0.717) is 41.2 Å². The summed E-state index contributed by atoms with van der Waals surface area (Å²) in [5.41, 5.74) is 1.50. The highest BCUT2D eigenvalue weighted by Gasteiger charge is 2.15. The molecule has 0 atom stereocenters. The lowest BCUT2D eigenvalue weighted by Crippen LogP contribution is -2.33. The minimum Gasteiger partial charge on any atom is -0.486 e. The summed E-state index contributed by atoms with van der Waals surface area (Å²) in [4.78, 5) is 12.4. The summed E-state index contributed by atoms with van der Waals surface area (Å²) in [6.45, 7) is 1.02. The minimum atomic E-state index is -0.449. The van der Waals surface area contributed by atoms with Crippen molar-refractivity contribution in [2.24, 2.45) is 0 Å². The monoisotopic (exact) mass is 414 g/mol. The van der Waals surface area contributed by atoms with E-state index in [0.717, 1.165) is 5.56 Å².